The van der Waals surface area contributed by atoms with Gasteiger partial charge in [-0.2, -0.15) is 0 Å². The first-order valence-corrected chi connectivity index (χ1v) is 6.32. The summed E-state index contributed by atoms with van der Waals surface area (Å²) < 4.78 is 0. The molecule has 0 spiro atoms. The molecule has 2 rings (SSSR count). The second-order valence-corrected chi connectivity index (χ2v) is 4.47. The molecule has 2 N–H and O–H groups in total. The van der Waals surface area contributed by atoms with Crippen LogP contribution in [0.1, 0.15) is 32.6 Å². The fourth-order valence-corrected chi connectivity index (χ4v) is 2.02. The topological polar surface area (TPSA) is 37.0 Å². The van der Waals surface area contributed by atoms with Crippen molar-refractivity contribution in [2.75, 3.05) is 23.7 Å². The van der Waals surface area contributed by atoms with Gasteiger partial charge in [-0.15, -0.1) is 0 Å². The molecule has 88 valence electrons. The van der Waals surface area contributed by atoms with Crippen LogP contribution >= 0.6 is 0 Å². The van der Waals surface area contributed by atoms with Gasteiger partial charge in [-0.1, -0.05) is 19.3 Å². The SMILES string of the molecule is CCNc1cc(NCCC2CCC2)ccn1. The Bertz CT molecular complexity index is 321. The third-order valence-electron chi connectivity index (χ3n) is 3.22. The fourth-order valence-electron chi connectivity index (χ4n) is 2.02. The summed E-state index contributed by atoms with van der Waals surface area (Å²) in [5.74, 6) is 1.93. The van der Waals surface area contributed by atoms with Crippen molar-refractivity contribution in [1.82, 2.24) is 4.98 Å². The minimum Gasteiger partial charge on any atom is -0.385 e. The largest absolute Gasteiger partial charge is 0.385 e. The number of nitrogens with one attached hydrogen (secondary N) is 2. The van der Waals surface area contributed by atoms with E-state index in [1.54, 1.807) is 0 Å². The van der Waals surface area contributed by atoms with Crippen LogP contribution in [0.2, 0.25) is 0 Å². The van der Waals surface area contributed by atoms with E-state index in [1.807, 2.05) is 12.3 Å². The van der Waals surface area contributed by atoms with E-state index in [9.17, 15) is 0 Å². The van der Waals surface area contributed by atoms with Crippen LogP contribution in [0.4, 0.5) is 11.5 Å². The molecule has 0 amide bonds. The molecule has 1 aliphatic rings. The van der Waals surface area contributed by atoms with Crippen LogP contribution in [0.15, 0.2) is 18.3 Å². The first kappa shape index (κ1) is 11.2. The van der Waals surface area contributed by atoms with Gasteiger partial charge >= 0.3 is 0 Å². The van der Waals surface area contributed by atoms with Crippen LogP contribution < -0.4 is 10.6 Å². The van der Waals surface area contributed by atoms with E-state index in [0.717, 1.165) is 24.8 Å². The molecule has 1 aliphatic carbocycles. The molecule has 3 heteroatoms. The first-order valence-electron chi connectivity index (χ1n) is 6.32. The number of aromatic nitrogens is 1. The summed E-state index contributed by atoms with van der Waals surface area (Å²) in [4.78, 5) is 4.25. The number of anilines is 2. The first-order chi connectivity index (χ1) is 7.88. The second-order valence-electron chi connectivity index (χ2n) is 4.47. The number of hydrogen-bond acceptors (Lipinski definition) is 3. The van der Waals surface area contributed by atoms with Crippen molar-refractivity contribution in [3.8, 4) is 0 Å². The van der Waals surface area contributed by atoms with Crippen molar-refractivity contribution < 1.29 is 0 Å². The van der Waals surface area contributed by atoms with Crippen LogP contribution in [-0.4, -0.2) is 18.1 Å². The highest BCUT2D eigenvalue weighted by Gasteiger charge is 2.16. The van der Waals surface area contributed by atoms with Crippen molar-refractivity contribution >= 4 is 11.5 Å². The summed E-state index contributed by atoms with van der Waals surface area (Å²) in [6.07, 6.45) is 7.45. The zero-order chi connectivity index (χ0) is 11.2. The average molecular weight is 219 g/mol. The van der Waals surface area contributed by atoms with Crippen LogP contribution in [0.25, 0.3) is 0 Å². The summed E-state index contributed by atoms with van der Waals surface area (Å²) in [5, 5.41) is 6.68. The molecule has 16 heavy (non-hydrogen) atoms. The second kappa shape index (κ2) is 5.73. The maximum absolute atomic E-state index is 4.25. The lowest BCUT2D eigenvalue weighted by Gasteiger charge is -2.25. The summed E-state index contributed by atoms with van der Waals surface area (Å²) in [7, 11) is 0. The van der Waals surface area contributed by atoms with Crippen molar-refractivity contribution in [3.05, 3.63) is 18.3 Å². The van der Waals surface area contributed by atoms with Gasteiger partial charge in [0.15, 0.2) is 0 Å². The van der Waals surface area contributed by atoms with E-state index in [1.165, 1.54) is 31.4 Å². The molecule has 0 aromatic carbocycles. The molecule has 0 unspecified atom stereocenters. The minimum absolute atomic E-state index is 0.915. The summed E-state index contributed by atoms with van der Waals surface area (Å²) >= 11 is 0. The van der Waals surface area contributed by atoms with Gasteiger partial charge in [0.1, 0.15) is 5.82 Å². The Morgan fingerprint density at radius 1 is 1.38 bits per heavy atom. The Labute approximate surface area is 97.7 Å². The highest BCUT2D eigenvalue weighted by molar-refractivity contribution is 5.51. The molecule has 1 aromatic rings. The van der Waals surface area contributed by atoms with Crippen molar-refractivity contribution in [2.45, 2.75) is 32.6 Å². The van der Waals surface area contributed by atoms with Gasteiger partial charge < -0.3 is 10.6 Å². The van der Waals surface area contributed by atoms with Gasteiger partial charge in [0.2, 0.25) is 0 Å². The van der Waals surface area contributed by atoms with Gasteiger partial charge in [0, 0.05) is 31.0 Å². The third-order valence-corrected chi connectivity index (χ3v) is 3.22. The Morgan fingerprint density at radius 3 is 2.94 bits per heavy atom. The zero-order valence-corrected chi connectivity index (χ0v) is 10.00. The van der Waals surface area contributed by atoms with Gasteiger partial charge in [-0.05, 0) is 25.3 Å². The van der Waals surface area contributed by atoms with Crippen molar-refractivity contribution in [2.24, 2.45) is 5.92 Å². The van der Waals surface area contributed by atoms with E-state index in [0.29, 0.717) is 0 Å². The lowest BCUT2D eigenvalue weighted by atomic mass is 9.83. The molecular weight excluding hydrogens is 198 g/mol. The molecule has 1 heterocycles. The minimum atomic E-state index is 0.915. The van der Waals surface area contributed by atoms with E-state index in [4.69, 9.17) is 0 Å². The lowest BCUT2D eigenvalue weighted by molar-refractivity contribution is 0.303. The van der Waals surface area contributed by atoms with Crippen molar-refractivity contribution in [1.29, 1.82) is 0 Å². The zero-order valence-electron chi connectivity index (χ0n) is 10.00. The fraction of sp³-hybridized carbons (Fsp3) is 0.615. The average Bonchev–Trinajstić information content (AvgIpc) is 2.23. The van der Waals surface area contributed by atoms with Gasteiger partial charge in [-0.25, -0.2) is 4.98 Å². The van der Waals surface area contributed by atoms with E-state index < -0.39 is 0 Å². The normalized spacial score (nSPS) is 15.6. The molecule has 0 bridgehead atoms. The number of nitrogens with zero attached hydrogens (tertiary/aromatic N) is 1. The quantitative estimate of drug-likeness (QED) is 0.772. The Kier molecular flexibility index (Phi) is 4.03. The molecule has 1 saturated carbocycles. The standard InChI is InChI=1S/C13H21N3/c1-2-14-13-10-12(7-9-16-13)15-8-6-11-4-3-5-11/h7,9-11H,2-6,8H2,1H3,(H2,14,15,16). The molecular formula is C13H21N3. The molecule has 0 aliphatic heterocycles. The number of pyridine rings is 1. The van der Waals surface area contributed by atoms with Crippen LogP contribution in [0, 0.1) is 5.92 Å². The number of hydrogen-bond donors (Lipinski definition) is 2. The highest BCUT2D eigenvalue weighted by atomic mass is 15.0. The van der Waals surface area contributed by atoms with Gasteiger partial charge in [0.25, 0.3) is 0 Å². The number of rotatable bonds is 6. The third kappa shape index (κ3) is 3.12. The predicted molar refractivity (Wildman–Crippen MR) is 68.8 cm³/mol. The van der Waals surface area contributed by atoms with Crippen LogP contribution in [0.3, 0.4) is 0 Å². The Morgan fingerprint density at radius 2 is 2.25 bits per heavy atom. The molecule has 1 fully saturated rings. The Balaban J connectivity index is 1.76. The maximum atomic E-state index is 4.25. The summed E-state index contributed by atoms with van der Waals surface area (Å²) in [6, 6.07) is 4.10. The smallest absolute Gasteiger partial charge is 0.127 e. The molecule has 0 atom stereocenters. The Hall–Kier alpha value is -1.25. The monoisotopic (exact) mass is 219 g/mol. The predicted octanol–water partition coefficient (Wildman–Crippen LogP) is 3.12. The van der Waals surface area contributed by atoms with E-state index >= 15 is 0 Å². The molecule has 1 aromatic heterocycles. The van der Waals surface area contributed by atoms with Gasteiger partial charge in [-0.3, -0.25) is 0 Å². The van der Waals surface area contributed by atoms with E-state index in [-0.39, 0.29) is 0 Å². The lowest BCUT2D eigenvalue weighted by Crippen LogP contribution is -2.15. The van der Waals surface area contributed by atoms with Crippen molar-refractivity contribution in [3.63, 3.8) is 0 Å². The van der Waals surface area contributed by atoms with E-state index in [2.05, 4.69) is 28.6 Å². The molecule has 0 saturated heterocycles. The maximum Gasteiger partial charge on any atom is 0.127 e. The van der Waals surface area contributed by atoms with Gasteiger partial charge in [0.05, 0.1) is 0 Å². The molecule has 0 radical (unpaired) electrons. The summed E-state index contributed by atoms with van der Waals surface area (Å²) in [5.41, 5.74) is 1.17. The summed E-state index contributed by atoms with van der Waals surface area (Å²) in [6.45, 7) is 4.08. The highest BCUT2D eigenvalue weighted by Crippen LogP contribution is 2.29. The molecule has 3 nitrogen and oxygen atoms in total. The van der Waals surface area contributed by atoms with Crippen LogP contribution in [-0.2, 0) is 0 Å². The van der Waals surface area contributed by atoms with Crippen LogP contribution in [0.5, 0.6) is 0 Å².